The molecular formula is C25H22F3N3O5. The molecule has 2 aromatic rings. The molecule has 2 aromatic carbocycles. The number of nitrogens with one attached hydrogen (secondary N) is 1. The van der Waals surface area contributed by atoms with Crippen molar-refractivity contribution >= 4 is 17.6 Å². The molecule has 0 fully saturated rings. The molecule has 0 aromatic heterocycles. The van der Waals surface area contributed by atoms with Gasteiger partial charge in [-0.05, 0) is 43.7 Å². The van der Waals surface area contributed by atoms with Crippen molar-refractivity contribution < 1.29 is 37.0 Å². The molecule has 0 aliphatic carbocycles. The zero-order valence-electron chi connectivity index (χ0n) is 19.3. The number of carbonyl (C=O) groups excluding carboxylic acids is 2. The van der Waals surface area contributed by atoms with Crippen LogP contribution in [-0.4, -0.2) is 25.1 Å². The summed E-state index contributed by atoms with van der Waals surface area (Å²) in [5.74, 6) is -1.99. The fraction of sp³-hybridized carbons (Fsp3) is 0.240. The number of rotatable bonds is 7. The van der Waals surface area contributed by atoms with Gasteiger partial charge in [0.1, 0.15) is 23.2 Å². The Bertz CT molecular complexity index is 1260. The molecule has 11 heteroatoms. The Morgan fingerprint density at radius 3 is 2.44 bits per heavy atom. The third kappa shape index (κ3) is 5.78. The lowest BCUT2D eigenvalue weighted by atomic mass is 9.83. The predicted octanol–water partition coefficient (Wildman–Crippen LogP) is 4.37. The quantitative estimate of drug-likeness (QED) is 0.540. The van der Waals surface area contributed by atoms with Crippen LogP contribution < -0.4 is 15.8 Å². The van der Waals surface area contributed by atoms with Crippen LogP contribution in [0.1, 0.15) is 30.9 Å². The number of allylic oxidation sites excluding steroid dienone is 2. The van der Waals surface area contributed by atoms with Crippen LogP contribution in [-0.2, 0) is 25.2 Å². The van der Waals surface area contributed by atoms with Gasteiger partial charge in [-0.3, -0.25) is 4.79 Å². The molecule has 0 bridgehead atoms. The van der Waals surface area contributed by atoms with Gasteiger partial charge in [-0.25, -0.2) is 4.79 Å². The first-order valence-electron chi connectivity index (χ1n) is 10.7. The Hall–Kier alpha value is -4.46. The summed E-state index contributed by atoms with van der Waals surface area (Å²) in [4.78, 5) is 24.8. The van der Waals surface area contributed by atoms with E-state index in [0.29, 0.717) is 5.56 Å². The third-order valence-corrected chi connectivity index (χ3v) is 5.19. The second kappa shape index (κ2) is 10.9. The molecule has 36 heavy (non-hydrogen) atoms. The number of anilines is 1. The summed E-state index contributed by atoms with van der Waals surface area (Å²) in [5.41, 5.74) is 5.18. The van der Waals surface area contributed by atoms with Crippen molar-refractivity contribution in [2.75, 3.05) is 18.5 Å². The monoisotopic (exact) mass is 501 g/mol. The SMILES string of the molecule is CCOC(=O)C1=C(C)OC(N)=C(C#N)C1c1ccc(OCC(=O)Nc2ccccc2C(F)(F)F)cc1. The summed E-state index contributed by atoms with van der Waals surface area (Å²) in [6, 6.07) is 12.7. The zero-order valence-corrected chi connectivity index (χ0v) is 19.3. The highest BCUT2D eigenvalue weighted by Gasteiger charge is 2.36. The summed E-state index contributed by atoms with van der Waals surface area (Å²) >= 11 is 0. The summed E-state index contributed by atoms with van der Waals surface area (Å²) in [6.45, 7) is 2.75. The molecule has 0 saturated heterocycles. The van der Waals surface area contributed by atoms with Gasteiger partial charge in [0, 0.05) is 0 Å². The molecule has 188 valence electrons. The molecular weight excluding hydrogens is 479 g/mol. The Morgan fingerprint density at radius 2 is 1.83 bits per heavy atom. The highest BCUT2D eigenvalue weighted by atomic mass is 19.4. The minimum Gasteiger partial charge on any atom is -0.484 e. The van der Waals surface area contributed by atoms with Gasteiger partial charge in [0.25, 0.3) is 5.91 Å². The first kappa shape index (κ1) is 26.2. The molecule has 1 unspecified atom stereocenters. The van der Waals surface area contributed by atoms with Gasteiger partial charge in [-0.15, -0.1) is 0 Å². The van der Waals surface area contributed by atoms with Gasteiger partial charge in [-0.1, -0.05) is 24.3 Å². The van der Waals surface area contributed by atoms with E-state index in [1.54, 1.807) is 19.1 Å². The lowest BCUT2D eigenvalue weighted by molar-refractivity contribution is -0.139. The van der Waals surface area contributed by atoms with Crippen molar-refractivity contribution in [1.29, 1.82) is 5.26 Å². The molecule has 8 nitrogen and oxygen atoms in total. The van der Waals surface area contributed by atoms with E-state index < -0.39 is 36.1 Å². The summed E-state index contributed by atoms with van der Waals surface area (Å²) in [6.07, 6.45) is -4.62. The number of nitrogens with zero attached hydrogens (tertiary/aromatic N) is 1. The second-order valence-electron chi connectivity index (χ2n) is 7.56. The van der Waals surface area contributed by atoms with Crippen molar-refractivity contribution in [3.8, 4) is 11.8 Å². The maximum atomic E-state index is 13.1. The Balaban J connectivity index is 1.75. The number of nitriles is 1. The van der Waals surface area contributed by atoms with Crippen molar-refractivity contribution in [3.05, 3.63) is 82.4 Å². The molecule has 1 aliphatic rings. The number of carbonyl (C=O) groups is 2. The zero-order chi connectivity index (χ0) is 26.5. The fourth-order valence-electron chi connectivity index (χ4n) is 3.62. The van der Waals surface area contributed by atoms with Gasteiger partial charge in [-0.2, -0.15) is 18.4 Å². The third-order valence-electron chi connectivity index (χ3n) is 5.19. The number of hydrogen-bond acceptors (Lipinski definition) is 7. The average molecular weight is 501 g/mol. The summed E-state index contributed by atoms with van der Waals surface area (Å²) in [5, 5.41) is 11.8. The van der Waals surface area contributed by atoms with E-state index in [4.69, 9.17) is 19.9 Å². The molecule has 1 heterocycles. The maximum absolute atomic E-state index is 13.1. The molecule has 1 atom stereocenters. The van der Waals surface area contributed by atoms with Crippen molar-refractivity contribution in [2.45, 2.75) is 25.9 Å². The standard InChI is InChI=1S/C25H22F3N3O5/c1-3-34-24(33)21-14(2)36-23(30)17(12-29)22(21)15-8-10-16(11-9-15)35-13-20(32)31-19-7-5-4-6-18(19)25(26,27)28/h4-11,22H,3,13,30H2,1-2H3,(H,31,32). The fourth-order valence-corrected chi connectivity index (χ4v) is 3.62. The Kier molecular flexibility index (Phi) is 7.89. The normalized spacial score (nSPS) is 15.6. The number of amides is 1. The highest BCUT2D eigenvalue weighted by Crippen LogP contribution is 2.40. The number of benzene rings is 2. The van der Waals surface area contributed by atoms with Crippen LogP contribution in [0.5, 0.6) is 5.75 Å². The highest BCUT2D eigenvalue weighted by molar-refractivity contribution is 5.93. The van der Waals surface area contributed by atoms with Gasteiger partial charge >= 0.3 is 12.1 Å². The summed E-state index contributed by atoms with van der Waals surface area (Å²) < 4.78 is 55.2. The molecule has 3 N–H and O–H groups in total. The molecule has 0 radical (unpaired) electrons. The van der Waals surface area contributed by atoms with E-state index in [0.717, 1.165) is 12.1 Å². The van der Waals surface area contributed by atoms with Gasteiger partial charge < -0.3 is 25.3 Å². The Labute approximate surface area is 204 Å². The maximum Gasteiger partial charge on any atom is 0.418 e. The number of halogens is 3. The van der Waals surface area contributed by atoms with Crippen LogP contribution in [0.3, 0.4) is 0 Å². The molecule has 1 aliphatic heterocycles. The summed E-state index contributed by atoms with van der Waals surface area (Å²) in [7, 11) is 0. The van der Waals surface area contributed by atoms with Crippen LogP contribution >= 0.6 is 0 Å². The molecule has 0 saturated carbocycles. The first-order chi connectivity index (χ1) is 17.1. The van der Waals surface area contributed by atoms with Crippen LogP contribution in [0.4, 0.5) is 18.9 Å². The number of ether oxygens (including phenoxy) is 3. The van der Waals surface area contributed by atoms with E-state index >= 15 is 0 Å². The topological polar surface area (TPSA) is 124 Å². The minimum atomic E-state index is -4.62. The second-order valence-corrected chi connectivity index (χ2v) is 7.56. The first-order valence-corrected chi connectivity index (χ1v) is 10.7. The van der Waals surface area contributed by atoms with Crippen LogP contribution in [0.25, 0.3) is 0 Å². The molecule has 1 amide bonds. The number of alkyl halides is 3. The van der Waals surface area contributed by atoms with Crippen LogP contribution in [0, 0.1) is 11.3 Å². The van der Waals surface area contributed by atoms with E-state index in [1.165, 1.54) is 31.2 Å². The van der Waals surface area contributed by atoms with Crippen molar-refractivity contribution in [3.63, 3.8) is 0 Å². The number of para-hydroxylation sites is 1. The minimum absolute atomic E-state index is 0.0278. The van der Waals surface area contributed by atoms with Gasteiger partial charge in [0.15, 0.2) is 6.61 Å². The number of esters is 1. The van der Waals surface area contributed by atoms with Gasteiger partial charge in [0.2, 0.25) is 5.88 Å². The van der Waals surface area contributed by atoms with Gasteiger partial charge in [0.05, 0.1) is 29.3 Å². The lowest BCUT2D eigenvalue weighted by Gasteiger charge is -2.26. The Morgan fingerprint density at radius 1 is 1.17 bits per heavy atom. The lowest BCUT2D eigenvalue weighted by Crippen LogP contribution is -2.25. The van der Waals surface area contributed by atoms with Crippen LogP contribution in [0.15, 0.2) is 71.3 Å². The molecule has 0 spiro atoms. The van der Waals surface area contributed by atoms with E-state index in [9.17, 15) is 28.0 Å². The number of hydrogen-bond donors (Lipinski definition) is 2. The van der Waals surface area contributed by atoms with E-state index in [-0.39, 0.29) is 40.8 Å². The smallest absolute Gasteiger partial charge is 0.418 e. The largest absolute Gasteiger partial charge is 0.484 e. The average Bonchev–Trinajstić information content (AvgIpc) is 2.82. The van der Waals surface area contributed by atoms with Crippen molar-refractivity contribution in [1.82, 2.24) is 0 Å². The van der Waals surface area contributed by atoms with Crippen molar-refractivity contribution in [2.24, 2.45) is 5.73 Å². The molecule has 3 rings (SSSR count). The van der Waals surface area contributed by atoms with E-state index in [1.807, 2.05) is 6.07 Å². The predicted molar refractivity (Wildman–Crippen MR) is 122 cm³/mol. The van der Waals surface area contributed by atoms with E-state index in [2.05, 4.69) is 5.32 Å². The van der Waals surface area contributed by atoms with Crippen LogP contribution in [0.2, 0.25) is 0 Å². The number of nitrogens with two attached hydrogens (primary N) is 1.